The Morgan fingerprint density at radius 2 is 2.00 bits per heavy atom. The number of nitrogens with one attached hydrogen (secondary N) is 2. The van der Waals surface area contributed by atoms with Crippen molar-refractivity contribution in [3.63, 3.8) is 0 Å². The third kappa shape index (κ3) is 3.40. The number of H-pyrrole nitrogens is 1. The first-order valence-corrected chi connectivity index (χ1v) is 8.39. The van der Waals surface area contributed by atoms with Crippen LogP contribution in [-0.4, -0.2) is 38.3 Å². The van der Waals surface area contributed by atoms with Gasteiger partial charge < -0.3 is 4.98 Å². The van der Waals surface area contributed by atoms with E-state index in [1.165, 1.54) is 14.1 Å². The van der Waals surface area contributed by atoms with E-state index in [-0.39, 0.29) is 5.41 Å². The van der Waals surface area contributed by atoms with Crippen LogP contribution in [0.4, 0.5) is 0 Å². The maximum Gasteiger partial charge on any atom is 0.278 e. The first-order valence-electron chi connectivity index (χ1n) is 6.58. The summed E-state index contributed by atoms with van der Waals surface area (Å²) in [6.45, 7) is 4.31. The zero-order valence-electron chi connectivity index (χ0n) is 12.6. The molecule has 5 nitrogen and oxygen atoms in total. The molecule has 0 aliphatic heterocycles. The lowest BCUT2D eigenvalue weighted by Crippen LogP contribution is -2.42. The molecule has 21 heavy (non-hydrogen) atoms. The summed E-state index contributed by atoms with van der Waals surface area (Å²) in [7, 11) is -0.424. The Morgan fingerprint density at radius 1 is 1.33 bits per heavy atom. The average Bonchev–Trinajstić information content (AvgIpc) is 2.80. The van der Waals surface area contributed by atoms with E-state index in [1.807, 2.05) is 38.2 Å². The van der Waals surface area contributed by atoms with E-state index < -0.39 is 10.2 Å². The van der Waals surface area contributed by atoms with Crippen LogP contribution in [0, 0.1) is 0 Å². The van der Waals surface area contributed by atoms with Crippen molar-refractivity contribution in [3.05, 3.63) is 35.0 Å². The fourth-order valence-electron chi connectivity index (χ4n) is 2.15. The van der Waals surface area contributed by atoms with Crippen molar-refractivity contribution < 1.29 is 8.42 Å². The van der Waals surface area contributed by atoms with Crippen LogP contribution in [0.15, 0.2) is 24.4 Å². The fourth-order valence-corrected chi connectivity index (χ4v) is 3.13. The van der Waals surface area contributed by atoms with Gasteiger partial charge in [0.25, 0.3) is 10.2 Å². The molecule has 0 fully saturated rings. The largest absolute Gasteiger partial charge is 0.361 e. The molecule has 0 atom stereocenters. The number of benzene rings is 1. The Kier molecular flexibility index (Phi) is 4.35. The number of hydrogen-bond acceptors (Lipinski definition) is 2. The van der Waals surface area contributed by atoms with Gasteiger partial charge in [-0.25, -0.2) is 4.72 Å². The minimum absolute atomic E-state index is 0.309. The van der Waals surface area contributed by atoms with Crippen molar-refractivity contribution in [2.24, 2.45) is 0 Å². The monoisotopic (exact) mass is 329 g/mol. The molecule has 7 heteroatoms. The topological polar surface area (TPSA) is 65.2 Å². The lowest BCUT2D eigenvalue weighted by Gasteiger charge is -2.25. The Hall–Kier alpha value is -1.08. The number of aromatic amines is 1. The molecule has 2 N–H and O–H groups in total. The number of hydrogen-bond donors (Lipinski definition) is 2. The normalized spacial score (nSPS) is 13.2. The van der Waals surface area contributed by atoms with Crippen LogP contribution in [0.25, 0.3) is 10.9 Å². The summed E-state index contributed by atoms with van der Waals surface area (Å²) in [6.07, 6.45) is 1.91. The van der Waals surface area contributed by atoms with Gasteiger partial charge in [0.05, 0.1) is 0 Å². The molecule has 0 radical (unpaired) electrons. The molecule has 0 saturated carbocycles. The molecular weight excluding hydrogens is 310 g/mol. The quantitative estimate of drug-likeness (QED) is 0.885. The van der Waals surface area contributed by atoms with Crippen molar-refractivity contribution in [1.82, 2.24) is 14.0 Å². The highest BCUT2D eigenvalue weighted by molar-refractivity contribution is 7.87. The predicted molar refractivity (Wildman–Crippen MR) is 86.9 cm³/mol. The van der Waals surface area contributed by atoms with Gasteiger partial charge in [0.15, 0.2) is 0 Å². The SMILES string of the molecule is CN(C)S(=O)(=O)NCC(C)(C)c1c[nH]c2cc(Cl)ccc12. The van der Waals surface area contributed by atoms with Crippen LogP contribution in [0.3, 0.4) is 0 Å². The summed E-state index contributed by atoms with van der Waals surface area (Å²) in [5.74, 6) is 0. The summed E-state index contributed by atoms with van der Waals surface area (Å²) >= 11 is 5.98. The average molecular weight is 330 g/mol. The van der Waals surface area contributed by atoms with Crippen molar-refractivity contribution in [2.75, 3.05) is 20.6 Å². The number of fused-ring (bicyclic) bond motifs is 1. The van der Waals surface area contributed by atoms with Crippen LogP contribution in [0.2, 0.25) is 5.02 Å². The van der Waals surface area contributed by atoms with Crippen LogP contribution >= 0.6 is 11.6 Å². The first-order chi connectivity index (χ1) is 9.63. The molecule has 2 rings (SSSR count). The summed E-state index contributed by atoms with van der Waals surface area (Å²) in [6, 6.07) is 5.65. The molecule has 0 bridgehead atoms. The second-order valence-electron chi connectivity index (χ2n) is 5.88. The number of aromatic nitrogens is 1. The van der Waals surface area contributed by atoms with E-state index in [1.54, 1.807) is 0 Å². The highest BCUT2D eigenvalue weighted by atomic mass is 35.5. The van der Waals surface area contributed by atoms with Crippen molar-refractivity contribution in [3.8, 4) is 0 Å². The molecule has 116 valence electrons. The molecule has 0 aliphatic carbocycles. The van der Waals surface area contributed by atoms with Crippen LogP contribution in [0.1, 0.15) is 19.4 Å². The molecule has 1 aromatic heterocycles. The number of rotatable bonds is 5. The minimum atomic E-state index is -3.43. The van der Waals surface area contributed by atoms with E-state index in [0.29, 0.717) is 11.6 Å². The van der Waals surface area contributed by atoms with Gasteiger partial charge in [-0.1, -0.05) is 31.5 Å². The lowest BCUT2D eigenvalue weighted by atomic mass is 9.85. The second kappa shape index (κ2) is 5.61. The third-order valence-electron chi connectivity index (χ3n) is 3.55. The summed E-state index contributed by atoms with van der Waals surface area (Å²) in [5.41, 5.74) is 1.64. The summed E-state index contributed by atoms with van der Waals surface area (Å²) in [4.78, 5) is 3.18. The van der Waals surface area contributed by atoms with Crippen molar-refractivity contribution >= 4 is 32.7 Å². The Morgan fingerprint density at radius 3 is 2.62 bits per heavy atom. The van der Waals surface area contributed by atoms with E-state index in [2.05, 4.69) is 9.71 Å². The first kappa shape index (κ1) is 16.3. The fraction of sp³-hybridized carbons (Fsp3) is 0.429. The Labute approximate surface area is 130 Å². The van der Waals surface area contributed by atoms with Crippen LogP contribution < -0.4 is 4.72 Å². The maximum absolute atomic E-state index is 11.8. The Balaban J connectivity index is 2.30. The predicted octanol–water partition coefficient (Wildman–Crippen LogP) is 2.49. The molecule has 1 aromatic carbocycles. The molecule has 1 heterocycles. The van der Waals surface area contributed by atoms with Gasteiger partial charge in [0, 0.05) is 48.2 Å². The molecule has 0 saturated heterocycles. The second-order valence-corrected chi connectivity index (χ2v) is 8.29. The third-order valence-corrected chi connectivity index (χ3v) is 5.26. The van der Waals surface area contributed by atoms with Gasteiger partial charge in [0.2, 0.25) is 0 Å². The van der Waals surface area contributed by atoms with Gasteiger partial charge in [0.1, 0.15) is 0 Å². The minimum Gasteiger partial charge on any atom is -0.361 e. The van der Waals surface area contributed by atoms with E-state index in [9.17, 15) is 8.42 Å². The van der Waals surface area contributed by atoms with Crippen molar-refractivity contribution in [1.29, 1.82) is 0 Å². The summed E-state index contributed by atoms with van der Waals surface area (Å²) in [5, 5.41) is 1.72. The summed E-state index contributed by atoms with van der Waals surface area (Å²) < 4.78 is 27.5. The van der Waals surface area contributed by atoms with E-state index in [4.69, 9.17) is 11.6 Å². The lowest BCUT2D eigenvalue weighted by molar-refractivity contribution is 0.471. The van der Waals surface area contributed by atoms with Gasteiger partial charge in [-0.3, -0.25) is 0 Å². The Bertz CT molecular complexity index is 751. The zero-order chi connectivity index (χ0) is 15.8. The highest BCUT2D eigenvalue weighted by Crippen LogP contribution is 2.31. The van der Waals surface area contributed by atoms with Crippen LogP contribution in [-0.2, 0) is 15.6 Å². The molecule has 0 unspecified atom stereocenters. The van der Waals surface area contributed by atoms with Gasteiger partial charge in [-0.15, -0.1) is 0 Å². The van der Waals surface area contributed by atoms with Gasteiger partial charge in [-0.2, -0.15) is 12.7 Å². The van der Waals surface area contributed by atoms with Crippen molar-refractivity contribution in [2.45, 2.75) is 19.3 Å². The molecule has 0 aliphatic rings. The number of nitrogens with zero attached hydrogens (tertiary/aromatic N) is 1. The molecule has 2 aromatic rings. The van der Waals surface area contributed by atoms with Gasteiger partial charge >= 0.3 is 0 Å². The molecule has 0 spiro atoms. The standard InChI is InChI=1S/C14H20ClN3O2S/c1-14(2,9-17-21(19,20)18(3)4)12-8-16-13-7-10(15)5-6-11(12)13/h5-8,16-17H,9H2,1-4H3. The molecular formula is C14H20ClN3O2S. The van der Waals surface area contributed by atoms with E-state index >= 15 is 0 Å². The molecule has 0 amide bonds. The number of halogens is 1. The maximum atomic E-state index is 11.8. The highest BCUT2D eigenvalue weighted by Gasteiger charge is 2.26. The van der Waals surface area contributed by atoms with E-state index in [0.717, 1.165) is 20.8 Å². The van der Waals surface area contributed by atoms with Crippen LogP contribution in [0.5, 0.6) is 0 Å². The van der Waals surface area contributed by atoms with Gasteiger partial charge in [-0.05, 0) is 17.7 Å². The smallest absolute Gasteiger partial charge is 0.278 e. The zero-order valence-corrected chi connectivity index (χ0v) is 14.1.